The number of benzene rings is 3. The van der Waals surface area contributed by atoms with Crippen molar-refractivity contribution in [2.75, 3.05) is 51.9 Å². The minimum Gasteiger partial charge on any atom is -0.493 e. The van der Waals surface area contributed by atoms with E-state index in [2.05, 4.69) is 25.5 Å². The highest BCUT2D eigenvalue weighted by atomic mass is 16.5. The van der Waals surface area contributed by atoms with E-state index in [1.54, 1.807) is 19.2 Å². The van der Waals surface area contributed by atoms with Crippen molar-refractivity contribution in [2.45, 2.75) is 13.0 Å². The molecule has 1 fully saturated rings. The zero-order valence-electron chi connectivity index (χ0n) is 22.1. The van der Waals surface area contributed by atoms with E-state index in [1.165, 1.54) is 6.33 Å². The summed E-state index contributed by atoms with van der Waals surface area (Å²) in [7, 11) is 1.63. The summed E-state index contributed by atoms with van der Waals surface area (Å²) in [6.45, 7) is 5.55. The van der Waals surface area contributed by atoms with Crippen LogP contribution in [0, 0.1) is 0 Å². The number of carbonyl (C=O) groups excluding carboxylic acids is 1. The Labute approximate surface area is 228 Å². The summed E-state index contributed by atoms with van der Waals surface area (Å²) < 4.78 is 17.1. The van der Waals surface area contributed by atoms with Gasteiger partial charge in [0, 0.05) is 48.9 Å². The molecule has 1 saturated heterocycles. The number of ether oxygens (including phenoxy) is 3. The van der Waals surface area contributed by atoms with Crippen molar-refractivity contribution in [1.82, 2.24) is 20.2 Å². The lowest BCUT2D eigenvalue weighted by molar-refractivity contribution is 0.0357. The molecule has 39 heavy (non-hydrogen) atoms. The molecule has 0 bridgehead atoms. The summed E-state index contributed by atoms with van der Waals surface area (Å²) in [6, 6.07) is 20.9. The van der Waals surface area contributed by atoms with Crippen LogP contribution in [0.15, 0.2) is 73.1 Å². The highest BCUT2D eigenvalue weighted by Crippen LogP contribution is 2.34. The van der Waals surface area contributed by atoms with Crippen molar-refractivity contribution in [2.24, 2.45) is 0 Å². The number of hydrogen-bond donors (Lipinski definition) is 2. The average molecular weight is 528 g/mol. The number of hydrogen-bond acceptors (Lipinski definition) is 8. The molecule has 3 aromatic carbocycles. The van der Waals surface area contributed by atoms with Crippen LogP contribution in [0.3, 0.4) is 0 Å². The monoisotopic (exact) mass is 527 g/mol. The SMILES string of the molecule is COc1cc2c(Nc3ccc(CNC(=O)c4ccccc4)cc3)ncnc2cc1OCCCN1CCOCC1. The van der Waals surface area contributed by atoms with E-state index in [1.807, 2.05) is 54.6 Å². The number of nitrogens with zero attached hydrogens (tertiary/aromatic N) is 3. The van der Waals surface area contributed by atoms with Gasteiger partial charge in [-0.2, -0.15) is 0 Å². The van der Waals surface area contributed by atoms with E-state index >= 15 is 0 Å². The minimum absolute atomic E-state index is 0.0975. The van der Waals surface area contributed by atoms with E-state index < -0.39 is 0 Å². The van der Waals surface area contributed by atoms with Gasteiger partial charge < -0.3 is 24.8 Å². The number of rotatable bonds is 11. The van der Waals surface area contributed by atoms with Crippen molar-refractivity contribution in [3.8, 4) is 11.5 Å². The van der Waals surface area contributed by atoms with Crippen LogP contribution in [0.1, 0.15) is 22.3 Å². The summed E-state index contributed by atoms with van der Waals surface area (Å²) in [6.07, 6.45) is 2.45. The maximum absolute atomic E-state index is 12.3. The van der Waals surface area contributed by atoms with Crippen LogP contribution >= 0.6 is 0 Å². The van der Waals surface area contributed by atoms with Crippen molar-refractivity contribution in [3.05, 3.63) is 84.2 Å². The lowest BCUT2D eigenvalue weighted by atomic mass is 10.1. The largest absolute Gasteiger partial charge is 0.493 e. The molecule has 9 heteroatoms. The summed E-state index contributed by atoms with van der Waals surface area (Å²) >= 11 is 0. The molecule has 0 unspecified atom stereocenters. The average Bonchev–Trinajstić information content (AvgIpc) is 2.99. The highest BCUT2D eigenvalue weighted by molar-refractivity contribution is 5.94. The zero-order chi connectivity index (χ0) is 26.9. The Balaban J connectivity index is 1.21. The maximum atomic E-state index is 12.3. The smallest absolute Gasteiger partial charge is 0.251 e. The lowest BCUT2D eigenvalue weighted by Gasteiger charge is -2.26. The van der Waals surface area contributed by atoms with Crippen LogP contribution in [0.2, 0.25) is 0 Å². The third kappa shape index (κ3) is 7.01. The van der Waals surface area contributed by atoms with Crippen LogP contribution in [-0.2, 0) is 11.3 Å². The van der Waals surface area contributed by atoms with Gasteiger partial charge in [0.2, 0.25) is 0 Å². The molecule has 0 radical (unpaired) electrons. The summed E-state index contributed by atoms with van der Waals surface area (Å²) in [5, 5.41) is 7.15. The summed E-state index contributed by atoms with van der Waals surface area (Å²) in [5.41, 5.74) is 3.27. The number of anilines is 2. The molecule has 9 nitrogen and oxygen atoms in total. The zero-order valence-corrected chi connectivity index (χ0v) is 22.1. The fourth-order valence-electron chi connectivity index (χ4n) is 4.45. The van der Waals surface area contributed by atoms with Gasteiger partial charge in [-0.15, -0.1) is 0 Å². The van der Waals surface area contributed by atoms with E-state index in [9.17, 15) is 4.79 Å². The second kappa shape index (κ2) is 13.0. The fraction of sp³-hybridized carbons (Fsp3) is 0.300. The number of morpholine rings is 1. The number of methoxy groups -OCH3 is 1. The Bertz CT molecular complexity index is 1380. The van der Waals surface area contributed by atoms with Crippen LogP contribution in [0.4, 0.5) is 11.5 Å². The second-order valence-electron chi connectivity index (χ2n) is 9.27. The normalized spacial score (nSPS) is 13.7. The van der Waals surface area contributed by atoms with Gasteiger partial charge in [0.1, 0.15) is 12.1 Å². The Morgan fingerprint density at radius 3 is 2.56 bits per heavy atom. The highest BCUT2D eigenvalue weighted by Gasteiger charge is 2.13. The maximum Gasteiger partial charge on any atom is 0.251 e. The Morgan fingerprint density at radius 1 is 1.00 bits per heavy atom. The first-order valence-corrected chi connectivity index (χ1v) is 13.1. The van der Waals surface area contributed by atoms with Gasteiger partial charge in [-0.3, -0.25) is 9.69 Å². The predicted molar refractivity (Wildman–Crippen MR) is 151 cm³/mol. The topological polar surface area (TPSA) is 97.8 Å². The third-order valence-corrected chi connectivity index (χ3v) is 6.61. The first-order chi connectivity index (χ1) is 19.2. The third-order valence-electron chi connectivity index (χ3n) is 6.61. The van der Waals surface area contributed by atoms with E-state index in [0.29, 0.717) is 36.0 Å². The van der Waals surface area contributed by atoms with Gasteiger partial charge in [-0.25, -0.2) is 9.97 Å². The summed E-state index contributed by atoms with van der Waals surface area (Å²) in [5.74, 6) is 1.87. The molecule has 202 valence electrons. The first kappa shape index (κ1) is 26.4. The molecule has 1 aliphatic heterocycles. The molecule has 1 aromatic heterocycles. The first-order valence-electron chi connectivity index (χ1n) is 13.1. The second-order valence-corrected chi connectivity index (χ2v) is 9.27. The van der Waals surface area contributed by atoms with Crippen molar-refractivity contribution >= 4 is 28.3 Å². The molecular weight excluding hydrogens is 494 g/mol. The van der Waals surface area contributed by atoms with Gasteiger partial charge in [0.15, 0.2) is 11.5 Å². The minimum atomic E-state index is -0.0975. The molecule has 2 N–H and O–H groups in total. The number of aromatic nitrogens is 2. The van der Waals surface area contributed by atoms with Gasteiger partial charge in [0.05, 0.1) is 32.4 Å². The molecule has 0 spiro atoms. The fourth-order valence-corrected chi connectivity index (χ4v) is 4.45. The molecular formula is C30H33N5O4. The molecule has 2 heterocycles. The van der Waals surface area contributed by atoms with Crippen LogP contribution < -0.4 is 20.1 Å². The number of carbonyl (C=O) groups is 1. The van der Waals surface area contributed by atoms with E-state index in [-0.39, 0.29) is 5.91 Å². The van der Waals surface area contributed by atoms with Gasteiger partial charge in [-0.1, -0.05) is 30.3 Å². The van der Waals surface area contributed by atoms with Crippen molar-refractivity contribution < 1.29 is 19.0 Å². The number of nitrogens with one attached hydrogen (secondary N) is 2. The molecule has 0 saturated carbocycles. The quantitative estimate of drug-likeness (QED) is 0.277. The summed E-state index contributed by atoms with van der Waals surface area (Å²) in [4.78, 5) is 23.6. The van der Waals surface area contributed by atoms with E-state index in [0.717, 1.165) is 61.4 Å². The van der Waals surface area contributed by atoms with Crippen molar-refractivity contribution in [3.63, 3.8) is 0 Å². The molecule has 1 aliphatic rings. The lowest BCUT2D eigenvalue weighted by Crippen LogP contribution is -2.37. The van der Waals surface area contributed by atoms with Crippen molar-refractivity contribution in [1.29, 1.82) is 0 Å². The molecule has 0 atom stereocenters. The Hall–Kier alpha value is -4.21. The van der Waals surface area contributed by atoms with Gasteiger partial charge in [-0.05, 0) is 42.3 Å². The number of fused-ring (bicyclic) bond motifs is 1. The Morgan fingerprint density at radius 2 is 1.79 bits per heavy atom. The van der Waals surface area contributed by atoms with Crippen LogP contribution in [0.25, 0.3) is 10.9 Å². The standard InChI is InChI=1S/C30H33N5O4/c1-37-27-18-25-26(19-28(27)39-15-5-12-35-13-16-38-17-14-35)32-21-33-29(25)34-24-10-8-22(9-11-24)20-31-30(36)23-6-3-2-4-7-23/h2-4,6-11,18-19,21H,5,12-17,20H2,1H3,(H,31,36)(H,32,33,34). The molecule has 1 amide bonds. The molecule has 0 aliphatic carbocycles. The number of amides is 1. The van der Waals surface area contributed by atoms with Gasteiger partial charge >= 0.3 is 0 Å². The Kier molecular flexibility index (Phi) is 8.82. The molecule has 5 rings (SSSR count). The van der Waals surface area contributed by atoms with E-state index in [4.69, 9.17) is 14.2 Å². The van der Waals surface area contributed by atoms with Crippen LogP contribution in [-0.4, -0.2) is 67.3 Å². The molecule has 4 aromatic rings. The van der Waals surface area contributed by atoms with Crippen LogP contribution in [0.5, 0.6) is 11.5 Å². The predicted octanol–water partition coefficient (Wildman–Crippen LogP) is 4.41. The van der Waals surface area contributed by atoms with Gasteiger partial charge in [0.25, 0.3) is 5.91 Å².